The number of nitrogens with zero attached hydrogens (tertiary/aromatic N) is 4. The molecule has 2 N–H and O–H groups in total. The molecule has 106 valence electrons. The molecule has 1 atom stereocenters. The first-order valence-corrected chi connectivity index (χ1v) is 7.00. The highest BCUT2D eigenvalue weighted by molar-refractivity contribution is 5.95. The van der Waals surface area contributed by atoms with E-state index < -0.39 is 0 Å². The number of nitrogen functional groups attached to an aromatic ring is 1. The third-order valence-electron chi connectivity index (χ3n) is 4.14. The predicted octanol–water partition coefficient (Wildman–Crippen LogP) is 1.72. The summed E-state index contributed by atoms with van der Waals surface area (Å²) in [6.45, 7) is 0.834. The van der Waals surface area contributed by atoms with Crippen LogP contribution in [-0.2, 0) is 13.0 Å². The predicted molar refractivity (Wildman–Crippen MR) is 78.8 cm³/mol. The molecule has 0 amide bonds. The van der Waals surface area contributed by atoms with Crippen molar-refractivity contribution in [2.75, 3.05) is 5.73 Å². The molecular weight excluding hydrogens is 266 g/mol. The van der Waals surface area contributed by atoms with Gasteiger partial charge < -0.3 is 10.3 Å². The Labute approximate surface area is 121 Å². The van der Waals surface area contributed by atoms with Gasteiger partial charge in [0.15, 0.2) is 0 Å². The molecule has 0 fully saturated rings. The third-order valence-corrected chi connectivity index (χ3v) is 4.14. The summed E-state index contributed by atoms with van der Waals surface area (Å²) in [4.78, 5) is 21.3. The summed E-state index contributed by atoms with van der Waals surface area (Å²) in [5, 5.41) is 0. The topological polar surface area (TPSA) is 78.7 Å². The van der Waals surface area contributed by atoms with Crippen LogP contribution < -0.4 is 5.73 Å². The van der Waals surface area contributed by atoms with Crippen LogP contribution in [0, 0.1) is 5.92 Å². The normalized spacial score (nSPS) is 17.8. The number of carbonyl (C=O) groups excluding carboxylic acids is 1. The van der Waals surface area contributed by atoms with Gasteiger partial charge in [-0.1, -0.05) is 6.07 Å². The van der Waals surface area contributed by atoms with Gasteiger partial charge in [-0.15, -0.1) is 0 Å². The molecule has 0 saturated carbocycles. The number of nitrogens with two attached hydrogens (primary N) is 1. The summed E-state index contributed by atoms with van der Waals surface area (Å²) in [5.74, 6) is 0.986. The molecule has 1 unspecified atom stereocenters. The van der Waals surface area contributed by atoms with Crippen LogP contribution in [0.5, 0.6) is 0 Å². The molecule has 0 bridgehead atoms. The standard InChI is InChI=1S/C15H15N5O/c16-11-2-1-3-12-14(11)18-9-20(12)15(21)10-4-6-19-7-5-17-13(19)8-10/h1-3,5,7,9-10H,4,6,8,16H2. The average Bonchev–Trinajstić information content (AvgIpc) is 3.13. The maximum Gasteiger partial charge on any atom is 0.235 e. The zero-order chi connectivity index (χ0) is 14.4. The van der Waals surface area contributed by atoms with Crippen LogP contribution in [0.4, 0.5) is 5.69 Å². The fourth-order valence-electron chi connectivity index (χ4n) is 3.00. The number of aryl methyl sites for hydroxylation is 1. The van der Waals surface area contributed by atoms with Gasteiger partial charge in [0.2, 0.25) is 5.91 Å². The van der Waals surface area contributed by atoms with E-state index in [0.717, 1.165) is 24.3 Å². The van der Waals surface area contributed by atoms with Crippen molar-refractivity contribution < 1.29 is 4.79 Å². The van der Waals surface area contributed by atoms with E-state index in [-0.39, 0.29) is 11.8 Å². The molecule has 1 aromatic carbocycles. The lowest BCUT2D eigenvalue weighted by Gasteiger charge is -2.22. The second-order valence-electron chi connectivity index (χ2n) is 5.39. The second-order valence-corrected chi connectivity index (χ2v) is 5.39. The average molecular weight is 281 g/mol. The lowest BCUT2D eigenvalue weighted by atomic mass is 9.97. The van der Waals surface area contributed by atoms with Crippen LogP contribution >= 0.6 is 0 Å². The van der Waals surface area contributed by atoms with Crippen molar-refractivity contribution in [1.29, 1.82) is 0 Å². The molecule has 3 aromatic rings. The summed E-state index contributed by atoms with van der Waals surface area (Å²) in [5.41, 5.74) is 7.95. The first kappa shape index (κ1) is 12.1. The highest BCUT2D eigenvalue weighted by Gasteiger charge is 2.27. The Morgan fingerprint density at radius 2 is 2.24 bits per heavy atom. The van der Waals surface area contributed by atoms with E-state index in [2.05, 4.69) is 14.5 Å². The number of fused-ring (bicyclic) bond motifs is 2. The summed E-state index contributed by atoms with van der Waals surface area (Å²) in [6, 6.07) is 5.51. The number of hydrogen-bond donors (Lipinski definition) is 1. The molecule has 0 radical (unpaired) electrons. The van der Waals surface area contributed by atoms with Crippen LogP contribution in [0.1, 0.15) is 17.0 Å². The fraction of sp³-hybridized carbons (Fsp3) is 0.267. The van der Waals surface area contributed by atoms with Crippen molar-refractivity contribution in [3.05, 3.63) is 42.7 Å². The maximum atomic E-state index is 12.8. The SMILES string of the molecule is Nc1cccc2c1ncn2C(=O)C1CCn2ccnc2C1. The van der Waals surface area contributed by atoms with Crippen molar-refractivity contribution in [3.63, 3.8) is 0 Å². The van der Waals surface area contributed by atoms with Crippen LogP contribution in [0.15, 0.2) is 36.9 Å². The number of anilines is 1. The first-order chi connectivity index (χ1) is 10.2. The third kappa shape index (κ3) is 1.83. The summed E-state index contributed by atoms with van der Waals surface area (Å²) >= 11 is 0. The van der Waals surface area contributed by atoms with E-state index in [1.54, 1.807) is 23.2 Å². The molecule has 21 heavy (non-hydrogen) atoms. The molecule has 0 saturated heterocycles. The van der Waals surface area contributed by atoms with E-state index in [1.165, 1.54) is 0 Å². The highest BCUT2D eigenvalue weighted by Crippen LogP contribution is 2.24. The van der Waals surface area contributed by atoms with E-state index in [9.17, 15) is 4.79 Å². The minimum absolute atomic E-state index is 0.0567. The van der Waals surface area contributed by atoms with E-state index >= 15 is 0 Å². The van der Waals surface area contributed by atoms with Crippen molar-refractivity contribution >= 4 is 22.6 Å². The van der Waals surface area contributed by atoms with Crippen LogP contribution in [-0.4, -0.2) is 25.0 Å². The van der Waals surface area contributed by atoms with Gasteiger partial charge in [-0.3, -0.25) is 9.36 Å². The van der Waals surface area contributed by atoms with Gasteiger partial charge in [0.25, 0.3) is 0 Å². The molecule has 0 aliphatic carbocycles. The lowest BCUT2D eigenvalue weighted by Crippen LogP contribution is -2.29. The zero-order valence-electron chi connectivity index (χ0n) is 11.4. The van der Waals surface area contributed by atoms with Crippen LogP contribution in [0.3, 0.4) is 0 Å². The molecule has 3 heterocycles. The summed E-state index contributed by atoms with van der Waals surface area (Å²) in [6.07, 6.45) is 6.82. The first-order valence-electron chi connectivity index (χ1n) is 7.00. The Morgan fingerprint density at radius 3 is 3.14 bits per heavy atom. The highest BCUT2D eigenvalue weighted by atomic mass is 16.2. The molecular formula is C15H15N5O. The number of imidazole rings is 2. The van der Waals surface area contributed by atoms with Crippen LogP contribution in [0.2, 0.25) is 0 Å². The molecule has 1 aliphatic rings. The molecule has 4 rings (SSSR count). The maximum absolute atomic E-state index is 12.8. The number of aromatic nitrogens is 4. The second kappa shape index (κ2) is 4.44. The minimum atomic E-state index is -0.0567. The van der Waals surface area contributed by atoms with Gasteiger partial charge in [-0.25, -0.2) is 9.97 Å². The zero-order valence-corrected chi connectivity index (χ0v) is 11.4. The smallest absolute Gasteiger partial charge is 0.235 e. The van der Waals surface area contributed by atoms with Crippen molar-refractivity contribution in [2.45, 2.75) is 19.4 Å². The Balaban J connectivity index is 1.70. The van der Waals surface area contributed by atoms with E-state index in [0.29, 0.717) is 17.6 Å². The van der Waals surface area contributed by atoms with Gasteiger partial charge >= 0.3 is 0 Å². The molecule has 6 nitrogen and oxygen atoms in total. The van der Waals surface area contributed by atoms with Gasteiger partial charge in [0.05, 0.1) is 11.2 Å². The quantitative estimate of drug-likeness (QED) is 0.689. The number of rotatable bonds is 1. The largest absolute Gasteiger partial charge is 0.397 e. The number of benzene rings is 1. The molecule has 6 heteroatoms. The van der Waals surface area contributed by atoms with Crippen molar-refractivity contribution in [1.82, 2.24) is 19.1 Å². The lowest BCUT2D eigenvalue weighted by molar-refractivity contribution is 0.0816. The Hall–Kier alpha value is -2.63. The molecule has 2 aromatic heterocycles. The minimum Gasteiger partial charge on any atom is -0.397 e. The van der Waals surface area contributed by atoms with Gasteiger partial charge in [-0.05, 0) is 18.6 Å². The monoisotopic (exact) mass is 281 g/mol. The Bertz CT molecular complexity index is 832. The van der Waals surface area contributed by atoms with E-state index in [4.69, 9.17) is 5.73 Å². The van der Waals surface area contributed by atoms with Gasteiger partial charge in [0.1, 0.15) is 17.7 Å². The van der Waals surface area contributed by atoms with Crippen molar-refractivity contribution in [3.8, 4) is 0 Å². The number of carbonyl (C=O) groups is 1. The number of hydrogen-bond acceptors (Lipinski definition) is 4. The molecule has 0 spiro atoms. The Kier molecular flexibility index (Phi) is 2.57. The number of para-hydroxylation sites is 1. The summed E-state index contributed by atoms with van der Waals surface area (Å²) in [7, 11) is 0. The summed E-state index contributed by atoms with van der Waals surface area (Å²) < 4.78 is 3.72. The van der Waals surface area contributed by atoms with Gasteiger partial charge in [0, 0.05) is 31.3 Å². The van der Waals surface area contributed by atoms with Crippen molar-refractivity contribution in [2.24, 2.45) is 5.92 Å². The van der Waals surface area contributed by atoms with Gasteiger partial charge in [-0.2, -0.15) is 0 Å². The Morgan fingerprint density at radius 1 is 1.33 bits per heavy atom. The van der Waals surface area contributed by atoms with E-state index in [1.807, 2.05) is 18.3 Å². The molecule has 1 aliphatic heterocycles. The van der Waals surface area contributed by atoms with Crippen LogP contribution in [0.25, 0.3) is 11.0 Å². The fourth-order valence-corrected chi connectivity index (χ4v) is 3.00.